The van der Waals surface area contributed by atoms with Gasteiger partial charge in [-0.05, 0) is 38.1 Å². The van der Waals surface area contributed by atoms with Crippen molar-refractivity contribution in [3.8, 4) is 5.69 Å². The van der Waals surface area contributed by atoms with Gasteiger partial charge in [-0.2, -0.15) is 20.1 Å². The second-order valence-corrected chi connectivity index (χ2v) is 5.32. The van der Waals surface area contributed by atoms with Crippen molar-refractivity contribution in [1.82, 2.24) is 24.8 Å². The SMILES string of the molecule is Cc1nn(CCO)c(C)c1CNc1ccc(-n2nccn2)cc1. The van der Waals surface area contributed by atoms with Gasteiger partial charge in [0.2, 0.25) is 0 Å². The van der Waals surface area contributed by atoms with Gasteiger partial charge in [0, 0.05) is 23.5 Å². The molecule has 3 aromatic rings. The summed E-state index contributed by atoms with van der Waals surface area (Å²) in [5.41, 5.74) is 5.18. The summed E-state index contributed by atoms with van der Waals surface area (Å²) in [5.74, 6) is 0. The van der Waals surface area contributed by atoms with Gasteiger partial charge in [-0.15, -0.1) is 0 Å². The predicted molar refractivity (Wildman–Crippen MR) is 87.5 cm³/mol. The third kappa shape index (κ3) is 3.24. The topological polar surface area (TPSA) is 80.8 Å². The molecular formula is C16H20N6O. The van der Waals surface area contributed by atoms with Crippen LogP contribution in [-0.2, 0) is 13.1 Å². The minimum absolute atomic E-state index is 0.0950. The minimum Gasteiger partial charge on any atom is -0.394 e. The van der Waals surface area contributed by atoms with Crippen molar-refractivity contribution in [3.63, 3.8) is 0 Å². The zero-order chi connectivity index (χ0) is 16.2. The van der Waals surface area contributed by atoms with Crippen LogP contribution in [-0.4, -0.2) is 36.5 Å². The fraction of sp³-hybridized carbons (Fsp3) is 0.312. The molecule has 2 aromatic heterocycles. The van der Waals surface area contributed by atoms with E-state index in [1.807, 2.05) is 42.8 Å². The highest BCUT2D eigenvalue weighted by Gasteiger charge is 2.10. The number of aromatic nitrogens is 5. The molecule has 120 valence electrons. The molecule has 0 amide bonds. The highest BCUT2D eigenvalue weighted by atomic mass is 16.3. The van der Waals surface area contributed by atoms with E-state index in [2.05, 4.69) is 20.6 Å². The second-order valence-electron chi connectivity index (χ2n) is 5.32. The van der Waals surface area contributed by atoms with Crippen LogP contribution in [0, 0.1) is 13.8 Å². The minimum atomic E-state index is 0.0950. The summed E-state index contributed by atoms with van der Waals surface area (Å²) in [6, 6.07) is 7.94. The fourth-order valence-corrected chi connectivity index (χ4v) is 2.55. The fourth-order valence-electron chi connectivity index (χ4n) is 2.55. The van der Waals surface area contributed by atoms with Crippen LogP contribution in [0.1, 0.15) is 17.0 Å². The number of hydrogen-bond donors (Lipinski definition) is 2. The van der Waals surface area contributed by atoms with Crippen molar-refractivity contribution in [3.05, 3.63) is 53.6 Å². The third-order valence-electron chi connectivity index (χ3n) is 3.83. The predicted octanol–water partition coefficient (Wildman–Crippen LogP) is 1.69. The Morgan fingerprint density at radius 3 is 2.43 bits per heavy atom. The monoisotopic (exact) mass is 312 g/mol. The normalized spacial score (nSPS) is 10.9. The lowest BCUT2D eigenvalue weighted by Crippen LogP contribution is -2.07. The first-order valence-corrected chi connectivity index (χ1v) is 7.53. The molecule has 0 radical (unpaired) electrons. The van der Waals surface area contributed by atoms with Crippen LogP contribution in [0.3, 0.4) is 0 Å². The Morgan fingerprint density at radius 1 is 1.09 bits per heavy atom. The number of rotatable bonds is 6. The third-order valence-corrected chi connectivity index (χ3v) is 3.83. The molecule has 7 heteroatoms. The molecular weight excluding hydrogens is 292 g/mol. The van der Waals surface area contributed by atoms with E-state index in [1.54, 1.807) is 17.2 Å². The van der Waals surface area contributed by atoms with Crippen molar-refractivity contribution < 1.29 is 5.11 Å². The summed E-state index contributed by atoms with van der Waals surface area (Å²) in [4.78, 5) is 1.58. The van der Waals surface area contributed by atoms with Gasteiger partial charge in [0.25, 0.3) is 0 Å². The van der Waals surface area contributed by atoms with Crippen LogP contribution in [0.4, 0.5) is 5.69 Å². The lowest BCUT2D eigenvalue weighted by Gasteiger charge is -2.08. The highest BCUT2D eigenvalue weighted by molar-refractivity contribution is 5.48. The molecule has 3 rings (SSSR count). The molecule has 0 unspecified atom stereocenters. The number of nitrogens with zero attached hydrogens (tertiary/aromatic N) is 5. The quantitative estimate of drug-likeness (QED) is 0.724. The van der Waals surface area contributed by atoms with Crippen molar-refractivity contribution in [1.29, 1.82) is 0 Å². The molecule has 23 heavy (non-hydrogen) atoms. The van der Waals surface area contributed by atoms with Gasteiger partial charge < -0.3 is 10.4 Å². The molecule has 0 saturated carbocycles. The van der Waals surface area contributed by atoms with Crippen molar-refractivity contribution in [2.75, 3.05) is 11.9 Å². The highest BCUT2D eigenvalue weighted by Crippen LogP contribution is 2.17. The summed E-state index contributed by atoms with van der Waals surface area (Å²) in [5, 5.41) is 25.1. The van der Waals surface area contributed by atoms with Gasteiger partial charge in [-0.3, -0.25) is 4.68 Å². The lowest BCUT2D eigenvalue weighted by atomic mass is 10.2. The van der Waals surface area contributed by atoms with Crippen LogP contribution < -0.4 is 5.32 Å². The summed E-state index contributed by atoms with van der Waals surface area (Å²) in [6.07, 6.45) is 3.31. The number of benzene rings is 1. The molecule has 2 heterocycles. The van der Waals surface area contributed by atoms with E-state index < -0.39 is 0 Å². The second kappa shape index (κ2) is 6.62. The maximum Gasteiger partial charge on any atom is 0.0858 e. The van der Waals surface area contributed by atoms with E-state index in [9.17, 15) is 0 Å². The molecule has 0 aliphatic carbocycles. The summed E-state index contributed by atoms with van der Waals surface area (Å²) in [6.45, 7) is 5.34. The molecule has 0 saturated heterocycles. The number of hydrogen-bond acceptors (Lipinski definition) is 5. The maximum absolute atomic E-state index is 9.07. The molecule has 0 aliphatic heterocycles. The van der Waals surface area contributed by atoms with Gasteiger partial charge >= 0.3 is 0 Å². The standard InChI is InChI=1S/C16H20N6O/c1-12-16(13(2)21(20-12)9-10-23)11-17-14-3-5-15(6-4-14)22-18-7-8-19-22/h3-8,17,23H,9-11H2,1-2H3. The maximum atomic E-state index is 9.07. The number of aryl methyl sites for hydroxylation is 1. The average molecular weight is 312 g/mol. The van der Waals surface area contributed by atoms with Gasteiger partial charge in [0.15, 0.2) is 0 Å². The molecule has 0 bridgehead atoms. The number of anilines is 1. The average Bonchev–Trinajstić information content (AvgIpc) is 3.17. The van der Waals surface area contributed by atoms with Crippen LogP contribution in [0.15, 0.2) is 36.7 Å². The molecule has 0 aliphatic rings. The van der Waals surface area contributed by atoms with E-state index in [1.165, 1.54) is 0 Å². The Bertz CT molecular complexity index is 761. The first kappa shape index (κ1) is 15.2. The Morgan fingerprint density at radius 2 is 1.78 bits per heavy atom. The number of nitrogens with one attached hydrogen (secondary N) is 1. The van der Waals surface area contributed by atoms with E-state index in [-0.39, 0.29) is 6.61 Å². The summed E-state index contributed by atoms with van der Waals surface area (Å²) < 4.78 is 1.85. The van der Waals surface area contributed by atoms with Crippen LogP contribution >= 0.6 is 0 Å². The zero-order valence-corrected chi connectivity index (χ0v) is 13.3. The Hall–Kier alpha value is -2.67. The van der Waals surface area contributed by atoms with Gasteiger partial charge in [0.05, 0.1) is 36.9 Å². The van der Waals surface area contributed by atoms with Gasteiger partial charge in [-0.1, -0.05) is 0 Å². The lowest BCUT2D eigenvalue weighted by molar-refractivity contribution is 0.268. The Labute approximate surface area is 134 Å². The Balaban J connectivity index is 1.69. The summed E-state index contributed by atoms with van der Waals surface area (Å²) in [7, 11) is 0. The first-order chi connectivity index (χ1) is 11.2. The smallest absolute Gasteiger partial charge is 0.0858 e. The van der Waals surface area contributed by atoms with E-state index in [0.717, 1.165) is 28.3 Å². The van der Waals surface area contributed by atoms with Gasteiger partial charge in [0.1, 0.15) is 0 Å². The van der Waals surface area contributed by atoms with E-state index in [0.29, 0.717) is 13.1 Å². The number of aliphatic hydroxyl groups is 1. The molecule has 0 fully saturated rings. The molecule has 7 nitrogen and oxygen atoms in total. The first-order valence-electron chi connectivity index (χ1n) is 7.53. The van der Waals surface area contributed by atoms with E-state index in [4.69, 9.17) is 5.11 Å². The largest absolute Gasteiger partial charge is 0.394 e. The molecule has 0 spiro atoms. The molecule has 2 N–H and O–H groups in total. The number of aliphatic hydroxyl groups excluding tert-OH is 1. The van der Waals surface area contributed by atoms with Crippen molar-refractivity contribution in [2.24, 2.45) is 0 Å². The van der Waals surface area contributed by atoms with Crippen LogP contribution in [0.5, 0.6) is 0 Å². The van der Waals surface area contributed by atoms with E-state index >= 15 is 0 Å². The molecule has 0 atom stereocenters. The van der Waals surface area contributed by atoms with Crippen LogP contribution in [0.2, 0.25) is 0 Å². The van der Waals surface area contributed by atoms with Gasteiger partial charge in [-0.25, -0.2) is 0 Å². The van der Waals surface area contributed by atoms with Crippen molar-refractivity contribution in [2.45, 2.75) is 26.9 Å². The Kier molecular flexibility index (Phi) is 4.38. The zero-order valence-electron chi connectivity index (χ0n) is 13.3. The summed E-state index contributed by atoms with van der Waals surface area (Å²) >= 11 is 0. The van der Waals surface area contributed by atoms with Crippen molar-refractivity contribution >= 4 is 5.69 Å². The molecule has 1 aromatic carbocycles. The van der Waals surface area contributed by atoms with Crippen LogP contribution in [0.25, 0.3) is 5.69 Å².